The van der Waals surface area contributed by atoms with E-state index in [2.05, 4.69) is 25.9 Å². The van der Waals surface area contributed by atoms with Crippen LogP contribution in [0.1, 0.15) is 37.4 Å². The number of carboxylic acid groups (broad SMARTS) is 1. The van der Waals surface area contributed by atoms with Gasteiger partial charge in [-0.25, -0.2) is 9.97 Å². The zero-order chi connectivity index (χ0) is 21.7. The van der Waals surface area contributed by atoms with Crippen LogP contribution in [0.3, 0.4) is 0 Å². The number of nitrogens with two attached hydrogens (primary N) is 1. The zero-order valence-corrected chi connectivity index (χ0v) is 18.5. The number of imidazole rings is 1. The molecular formula is C22H22BrN5O3. The zero-order valence-electron chi connectivity index (χ0n) is 16.9. The Morgan fingerprint density at radius 2 is 2.10 bits per heavy atom. The quantitative estimate of drug-likeness (QED) is 0.390. The molecule has 1 aliphatic carbocycles. The van der Waals surface area contributed by atoms with Gasteiger partial charge in [0.1, 0.15) is 28.6 Å². The van der Waals surface area contributed by atoms with Crippen molar-refractivity contribution in [2.24, 2.45) is 5.92 Å². The van der Waals surface area contributed by atoms with Crippen molar-refractivity contribution in [1.82, 2.24) is 19.4 Å². The van der Waals surface area contributed by atoms with E-state index in [-0.39, 0.29) is 11.8 Å². The Hall–Kier alpha value is -3.07. The van der Waals surface area contributed by atoms with E-state index in [1.165, 1.54) is 0 Å². The van der Waals surface area contributed by atoms with E-state index < -0.39 is 5.97 Å². The maximum Gasteiger partial charge on any atom is 0.306 e. The third kappa shape index (κ3) is 3.23. The molecule has 1 aromatic carbocycles. The summed E-state index contributed by atoms with van der Waals surface area (Å²) < 4.78 is 8.46. The molecule has 1 saturated carbocycles. The number of aliphatic carboxylic acids is 1. The number of methoxy groups -OCH3 is 1. The summed E-state index contributed by atoms with van der Waals surface area (Å²) in [5.74, 6) is 1.23. The van der Waals surface area contributed by atoms with Crippen LogP contribution in [-0.2, 0) is 4.79 Å². The number of aromatic amines is 1. The maximum atomic E-state index is 11.3. The Kier molecular flexibility index (Phi) is 4.85. The molecule has 0 amide bonds. The van der Waals surface area contributed by atoms with Crippen LogP contribution in [-0.4, -0.2) is 37.5 Å². The van der Waals surface area contributed by atoms with Crippen LogP contribution in [0.4, 0.5) is 5.82 Å². The number of carboxylic acids is 1. The topological polar surface area (TPSA) is 119 Å². The van der Waals surface area contributed by atoms with Crippen molar-refractivity contribution in [3.63, 3.8) is 0 Å². The Morgan fingerprint density at radius 1 is 1.32 bits per heavy atom. The molecule has 31 heavy (non-hydrogen) atoms. The molecule has 0 unspecified atom stereocenters. The number of carbonyl (C=O) groups is 1. The number of hydrogen-bond donors (Lipinski definition) is 3. The smallest absolute Gasteiger partial charge is 0.306 e. The number of halogens is 1. The lowest BCUT2D eigenvalue weighted by Crippen LogP contribution is -2.21. The molecule has 0 saturated heterocycles. The van der Waals surface area contributed by atoms with Gasteiger partial charge in [-0.2, -0.15) is 0 Å². The second-order valence-electron chi connectivity index (χ2n) is 7.96. The summed E-state index contributed by atoms with van der Waals surface area (Å²) in [5.41, 5.74) is 9.46. The molecule has 3 heterocycles. The monoisotopic (exact) mass is 483 g/mol. The van der Waals surface area contributed by atoms with Crippen molar-refractivity contribution in [3.05, 3.63) is 40.9 Å². The first-order chi connectivity index (χ1) is 15.0. The summed E-state index contributed by atoms with van der Waals surface area (Å²) in [6, 6.07) is 5.88. The van der Waals surface area contributed by atoms with E-state index in [1.54, 1.807) is 13.3 Å². The summed E-state index contributed by atoms with van der Waals surface area (Å²) in [7, 11) is 1.64. The Bertz CT molecular complexity index is 1300. The molecule has 0 spiro atoms. The molecule has 0 radical (unpaired) electrons. The van der Waals surface area contributed by atoms with Crippen molar-refractivity contribution in [2.75, 3.05) is 12.8 Å². The molecule has 0 atom stereocenters. The van der Waals surface area contributed by atoms with E-state index in [9.17, 15) is 9.90 Å². The number of nitrogen functional groups attached to an aromatic ring is 1. The summed E-state index contributed by atoms with van der Waals surface area (Å²) >= 11 is 3.61. The second kappa shape index (κ2) is 7.56. The average molecular weight is 484 g/mol. The molecule has 1 fully saturated rings. The first-order valence-corrected chi connectivity index (χ1v) is 11.0. The Labute approximate surface area is 186 Å². The molecule has 1 aliphatic rings. The second-order valence-corrected chi connectivity index (χ2v) is 8.81. The van der Waals surface area contributed by atoms with Gasteiger partial charge in [-0.1, -0.05) is 15.9 Å². The van der Waals surface area contributed by atoms with Crippen LogP contribution >= 0.6 is 15.9 Å². The standard InChI is InChI=1S/C22H22BrN5O3/c1-31-16-7-6-14(23)13-10-15(26-17(13)16)18-19-20(24)25-8-9-28(19)21(27-18)11-2-4-12(5-3-11)22(29)30/h6-12,26H,2-5H2,1H3,(H2,24,25)(H,29,30)/t11-,12-. The number of hydrogen-bond acceptors (Lipinski definition) is 5. The van der Waals surface area contributed by atoms with Crippen molar-refractivity contribution < 1.29 is 14.6 Å². The van der Waals surface area contributed by atoms with Gasteiger partial charge in [-0.15, -0.1) is 0 Å². The van der Waals surface area contributed by atoms with Gasteiger partial charge in [0.15, 0.2) is 0 Å². The molecular weight excluding hydrogens is 462 g/mol. The number of nitrogens with zero attached hydrogens (tertiary/aromatic N) is 3. The van der Waals surface area contributed by atoms with Crippen molar-refractivity contribution in [2.45, 2.75) is 31.6 Å². The summed E-state index contributed by atoms with van der Waals surface area (Å²) in [5, 5.41) is 10.3. The van der Waals surface area contributed by atoms with Crippen LogP contribution in [0, 0.1) is 5.92 Å². The van der Waals surface area contributed by atoms with Crippen molar-refractivity contribution in [3.8, 4) is 17.1 Å². The predicted molar refractivity (Wildman–Crippen MR) is 121 cm³/mol. The van der Waals surface area contributed by atoms with Gasteiger partial charge in [0.25, 0.3) is 0 Å². The number of H-pyrrole nitrogens is 1. The fourth-order valence-electron chi connectivity index (χ4n) is 4.62. The minimum absolute atomic E-state index is 0.171. The first kappa shape index (κ1) is 19.9. The third-order valence-corrected chi connectivity index (χ3v) is 6.92. The Balaban J connectivity index is 1.65. The lowest BCUT2D eigenvalue weighted by molar-refractivity contribution is -0.142. The Morgan fingerprint density at radius 3 is 2.81 bits per heavy atom. The van der Waals surface area contributed by atoms with Crippen LogP contribution < -0.4 is 10.5 Å². The van der Waals surface area contributed by atoms with Gasteiger partial charge in [0.05, 0.1) is 24.2 Å². The van der Waals surface area contributed by atoms with Gasteiger partial charge in [0, 0.05) is 28.2 Å². The molecule has 9 heteroatoms. The minimum Gasteiger partial charge on any atom is -0.495 e. The SMILES string of the molecule is COc1ccc(Br)c2cc(-c3nc([C@H]4CC[C@H](C(=O)O)CC4)n4ccnc(N)c34)[nH]c12. The van der Waals surface area contributed by atoms with Crippen LogP contribution in [0.5, 0.6) is 5.75 Å². The highest BCUT2D eigenvalue weighted by molar-refractivity contribution is 9.10. The number of nitrogens with one attached hydrogen (secondary N) is 1. The van der Waals surface area contributed by atoms with Gasteiger partial charge in [-0.05, 0) is 43.9 Å². The summed E-state index contributed by atoms with van der Waals surface area (Å²) in [6.07, 6.45) is 6.42. The average Bonchev–Trinajstić information content (AvgIpc) is 3.38. The highest BCUT2D eigenvalue weighted by atomic mass is 79.9. The van der Waals surface area contributed by atoms with Gasteiger partial charge < -0.3 is 20.6 Å². The van der Waals surface area contributed by atoms with Crippen molar-refractivity contribution >= 4 is 44.1 Å². The largest absolute Gasteiger partial charge is 0.495 e. The highest BCUT2D eigenvalue weighted by Gasteiger charge is 2.30. The highest BCUT2D eigenvalue weighted by Crippen LogP contribution is 2.40. The molecule has 4 N–H and O–H groups in total. The molecule has 0 aliphatic heterocycles. The molecule has 8 nitrogen and oxygen atoms in total. The fraction of sp³-hybridized carbons (Fsp3) is 0.318. The summed E-state index contributed by atoms with van der Waals surface area (Å²) in [4.78, 5) is 24.1. The van der Waals surface area contributed by atoms with E-state index in [4.69, 9.17) is 15.5 Å². The number of anilines is 1. The number of rotatable bonds is 4. The van der Waals surface area contributed by atoms with E-state index in [0.29, 0.717) is 18.7 Å². The summed E-state index contributed by atoms with van der Waals surface area (Å²) in [6.45, 7) is 0. The van der Waals surface area contributed by atoms with Crippen molar-refractivity contribution in [1.29, 1.82) is 0 Å². The minimum atomic E-state index is -0.710. The maximum absolute atomic E-state index is 11.3. The molecule has 0 bridgehead atoms. The fourth-order valence-corrected chi connectivity index (χ4v) is 5.06. The number of fused-ring (bicyclic) bond motifs is 2. The number of ether oxygens (including phenoxy) is 1. The first-order valence-electron chi connectivity index (χ1n) is 10.2. The van der Waals surface area contributed by atoms with Gasteiger partial charge in [-0.3, -0.25) is 9.20 Å². The lowest BCUT2D eigenvalue weighted by atomic mass is 9.81. The van der Waals surface area contributed by atoms with Gasteiger partial charge >= 0.3 is 5.97 Å². The van der Waals surface area contributed by atoms with Crippen LogP contribution in [0.2, 0.25) is 0 Å². The third-order valence-electron chi connectivity index (χ3n) is 6.23. The number of benzene rings is 1. The number of aromatic nitrogens is 4. The molecule has 3 aromatic heterocycles. The van der Waals surface area contributed by atoms with E-state index in [1.807, 2.05) is 28.8 Å². The molecule has 160 valence electrons. The van der Waals surface area contributed by atoms with E-state index in [0.717, 1.165) is 56.7 Å². The molecule has 4 aromatic rings. The van der Waals surface area contributed by atoms with Crippen LogP contribution in [0.25, 0.3) is 27.8 Å². The lowest BCUT2D eigenvalue weighted by Gasteiger charge is -2.25. The van der Waals surface area contributed by atoms with Crippen LogP contribution in [0.15, 0.2) is 35.1 Å². The van der Waals surface area contributed by atoms with Gasteiger partial charge in [0.2, 0.25) is 0 Å². The predicted octanol–water partition coefficient (Wildman–Crippen LogP) is 4.59. The molecule has 5 rings (SSSR count). The normalized spacial score (nSPS) is 19.2. The van der Waals surface area contributed by atoms with E-state index >= 15 is 0 Å².